The first-order chi connectivity index (χ1) is 17.7. The molecule has 3 aromatic rings. The van der Waals surface area contributed by atoms with Gasteiger partial charge in [-0.3, -0.25) is 9.59 Å². The van der Waals surface area contributed by atoms with Gasteiger partial charge in [0, 0.05) is 22.3 Å². The minimum absolute atomic E-state index is 0.0530. The Hall–Kier alpha value is -3.05. The molecule has 1 atom stereocenters. The molecule has 2 amide bonds. The third kappa shape index (κ3) is 5.93. The number of benzene rings is 2. The molecule has 1 aromatic heterocycles. The molecule has 2 aromatic carbocycles. The van der Waals surface area contributed by atoms with Crippen LogP contribution in [-0.2, 0) is 11.3 Å². The third-order valence-corrected chi connectivity index (χ3v) is 8.08. The van der Waals surface area contributed by atoms with Gasteiger partial charge in [0.05, 0.1) is 11.8 Å². The molecule has 4 rings (SSSR count). The molecule has 0 bridgehead atoms. The van der Waals surface area contributed by atoms with Crippen LogP contribution >= 0.6 is 27.7 Å². The third-order valence-electron chi connectivity index (χ3n) is 6.26. The lowest BCUT2D eigenvalue weighted by atomic mass is 10.0. The quantitative estimate of drug-likeness (QED) is 0.328. The number of rotatable bonds is 9. The van der Waals surface area contributed by atoms with E-state index in [1.54, 1.807) is 18.2 Å². The Morgan fingerprint density at radius 1 is 1.11 bits per heavy atom. The highest BCUT2D eigenvalue weighted by molar-refractivity contribution is 9.10. The van der Waals surface area contributed by atoms with Crippen molar-refractivity contribution in [1.82, 2.24) is 20.1 Å². The van der Waals surface area contributed by atoms with Crippen LogP contribution in [0.5, 0.6) is 11.5 Å². The van der Waals surface area contributed by atoms with E-state index in [0.717, 1.165) is 21.3 Å². The minimum atomic E-state index is -0.373. The maximum absolute atomic E-state index is 13.1. The molecule has 2 N–H and O–H groups in total. The van der Waals surface area contributed by atoms with Crippen LogP contribution < -0.4 is 20.1 Å². The Morgan fingerprint density at radius 2 is 1.86 bits per heavy atom. The highest BCUT2D eigenvalue weighted by atomic mass is 79.9. The number of thioether (sulfide) groups is 1. The second-order valence-corrected chi connectivity index (χ2v) is 10.8. The van der Waals surface area contributed by atoms with Crippen LogP contribution in [0.4, 0.5) is 5.69 Å². The average molecular weight is 589 g/mol. The first-order valence-corrected chi connectivity index (χ1v) is 13.8. The van der Waals surface area contributed by atoms with Gasteiger partial charge in [-0.1, -0.05) is 41.5 Å². The summed E-state index contributed by atoms with van der Waals surface area (Å²) in [5.41, 5.74) is 3.37. The van der Waals surface area contributed by atoms with Gasteiger partial charge >= 0.3 is 0 Å². The molecule has 2 heterocycles. The number of carbonyl (C=O) groups excluding carboxylic acids is 2. The number of nitrogens with zero attached hydrogens (tertiary/aromatic N) is 3. The standard InChI is InChI=1S/C26H30BrN5O4S/c1-6-32-24(23(14(2)3)29-25(34)17-7-10-20-21(11-17)36-13-35-20)30-31-26(32)37-12-22(33)28-19-9-8-18(27)15(4)16(19)5/h7-11,14,23H,6,12-13H2,1-5H3,(H,28,33)(H,29,34). The van der Waals surface area contributed by atoms with E-state index in [1.165, 1.54) is 11.8 Å². The van der Waals surface area contributed by atoms with Crippen molar-refractivity contribution < 1.29 is 19.1 Å². The van der Waals surface area contributed by atoms with Crippen molar-refractivity contribution in [2.45, 2.75) is 52.4 Å². The van der Waals surface area contributed by atoms with Crippen molar-refractivity contribution in [3.63, 3.8) is 0 Å². The van der Waals surface area contributed by atoms with Gasteiger partial charge in [0.2, 0.25) is 12.7 Å². The molecule has 11 heteroatoms. The van der Waals surface area contributed by atoms with E-state index in [2.05, 4.69) is 36.8 Å². The van der Waals surface area contributed by atoms with E-state index in [9.17, 15) is 9.59 Å². The fourth-order valence-electron chi connectivity index (χ4n) is 3.97. The molecule has 37 heavy (non-hydrogen) atoms. The summed E-state index contributed by atoms with van der Waals surface area (Å²) in [7, 11) is 0. The summed E-state index contributed by atoms with van der Waals surface area (Å²) in [5, 5.41) is 15.4. The maximum Gasteiger partial charge on any atom is 0.252 e. The van der Waals surface area contributed by atoms with Crippen LogP contribution in [0.1, 0.15) is 54.1 Å². The van der Waals surface area contributed by atoms with Crippen molar-refractivity contribution >= 4 is 45.2 Å². The Balaban J connectivity index is 1.45. The van der Waals surface area contributed by atoms with E-state index in [1.807, 2.05) is 51.3 Å². The second kappa shape index (κ2) is 11.6. The van der Waals surface area contributed by atoms with Crippen molar-refractivity contribution in [3.05, 3.63) is 57.3 Å². The molecule has 0 aliphatic carbocycles. The van der Waals surface area contributed by atoms with Crippen LogP contribution in [0.25, 0.3) is 0 Å². The Kier molecular flexibility index (Phi) is 8.43. The summed E-state index contributed by atoms with van der Waals surface area (Å²) < 4.78 is 13.7. The molecule has 1 unspecified atom stereocenters. The Morgan fingerprint density at radius 3 is 2.59 bits per heavy atom. The lowest BCUT2D eigenvalue weighted by molar-refractivity contribution is -0.113. The molecular formula is C26H30BrN5O4S. The second-order valence-electron chi connectivity index (χ2n) is 9.03. The number of fused-ring (bicyclic) bond motifs is 1. The predicted molar refractivity (Wildman–Crippen MR) is 146 cm³/mol. The van der Waals surface area contributed by atoms with Crippen LogP contribution in [0, 0.1) is 19.8 Å². The molecule has 196 valence electrons. The van der Waals surface area contributed by atoms with Gasteiger partial charge in [0.25, 0.3) is 5.91 Å². The maximum atomic E-state index is 13.1. The van der Waals surface area contributed by atoms with Gasteiger partial charge < -0.3 is 24.7 Å². The van der Waals surface area contributed by atoms with Crippen molar-refractivity contribution in [2.24, 2.45) is 5.92 Å². The van der Waals surface area contributed by atoms with E-state index in [4.69, 9.17) is 9.47 Å². The number of hydrogen-bond donors (Lipinski definition) is 2. The lowest BCUT2D eigenvalue weighted by Crippen LogP contribution is -2.33. The first-order valence-electron chi connectivity index (χ1n) is 12.0. The molecular weight excluding hydrogens is 558 g/mol. The van der Waals surface area contributed by atoms with Gasteiger partial charge in [0.1, 0.15) is 0 Å². The van der Waals surface area contributed by atoms with Crippen LogP contribution in [0.2, 0.25) is 0 Å². The minimum Gasteiger partial charge on any atom is -0.454 e. The lowest BCUT2D eigenvalue weighted by Gasteiger charge is -2.22. The SMILES string of the molecule is CCn1c(SCC(=O)Nc2ccc(Br)c(C)c2C)nnc1C(NC(=O)c1ccc2c(c1)OCO2)C(C)C. The summed E-state index contributed by atoms with van der Waals surface area (Å²) >= 11 is 4.83. The normalized spacial score (nSPS) is 13.1. The summed E-state index contributed by atoms with van der Waals surface area (Å²) in [5.74, 6) is 1.69. The highest BCUT2D eigenvalue weighted by Gasteiger charge is 2.27. The first kappa shape index (κ1) is 27.0. The monoisotopic (exact) mass is 587 g/mol. The fourth-order valence-corrected chi connectivity index (χ4v) is 5.20. The van der Waals surface area contributed by atoms with Crippen LogP contribution in [0.3, 0.4) is 0 Å². The van der Waals surface area contributed by atoms with Gasteiger partial charge in [-0.25, -0.2) is 0 Å². The van der Waals surface area contributed by atoms with E-state index in [-0.39, 0.29) is 36.3 Å². The molecule has 0 saturated carbocycles. The number of halogens is 1. The van der Waals surface area contributed by atoms with E-state index >= 15 is 0 Å². The van der Waals surface area contributed by atoms with Gasteiger partial charge in [-0.05, 0) is 68.1 Å². The average Bonchev–Trinajstić information content (AvgIpc) is 3.52. The van der Waals surface area contributed by atoms with E-state index < -0.39 is 0 Å². The van der Waals surface area contributed by atoms with E-state index in [0.29, 0.717) is 34.6 Å². The molecule has 0 spiro atoms. The zero-order chi connectivity index (χ0) is 26.7. The Labute approximate surface area is 228 Å². The molecule has 9 nitrogen and oxygen atoms in total. The summed E-state index contributed by atoms with van der Waals surface area (Å²) in [6, 6.07) is 8.55. The molecule has 1 aliphatic rings. The largest absolute Gasteiger partial charge is 0.454 e. The summed E-state index contributed by atoms with van der Waals surface area (Å²) in [6.07, 6.45) is 0. The van der Waals surface area contributed by atoms with Crippen LogP contribution in [-0.4, -0.2) is 39.1 Å². The van der Waals surface area contributed by atoms with Gasteiger partial charge in [-0.2, -0.15) is 0 Å². The van der Waals surface area contributed by atoms with Gasteiger partial charge in [-0.15, -0.1) is 10.2 Å². The molecule has 0 fully saturated rings. The highest BCUT2D eigenvalue weighted by Crippen LogP contribution is 2.33. The number of hydrogen-bond acceptors (Lipinski definition) is 7. The van der Waals surface area contributed by atoms with Crippen LogP contribution in [0.15, 0.2) is 40.0 Å². The topological polar surface area (TPSA) is 107 Å². The predicted octanol–water partition coefficient (Wildman–Crippen LogP) is 5.26. The number of carbonyl (C=O) groups is 2. The summed E-state index contributed by atoms with van der Waals surface area (Å²) in [6.45, 7) is 10.8. The van der Waals surface area contributed by atoms with Crippen molar-refractivity contribution in [3.8, 4) is 11.5 Å². The number of amides is 2. The Bertz CT molecular complexity index is 1330. The molecule has 0 saturated heterocycles. The molecule has 0 radical (unpaired) electrons. The number of nitrogens with one attached hydrogen (secondary N) is 2. The number of ether oxygens (including phenoxy) is 2. The number of anilines is 1. The zero-order valence-electron chi connectivity index (χ0n) is 21.4. The zero-order valence-corrected chi connectivity index (χ0v) is 23.8. The fraction of sp³-hybridized carbons (Fsp3) is 0.385. The smallest absolute Gasteiger partial charge is 0.252 e. The van der Waals surface area contributed by atoms with Gasteiger partial charge in [0.15, 0.2) is 22.5 Å². The number of aromatic nitrogens is 3. The van der Waals surface area contributed by atoms with Crippen molar-refractivity contribution in [1.29, 1.82) is 0 Å². The summed E-state index contributed by atoms with van der Waals surface area (Å²) in [4.78, 5) is 25.8. The molecule has 1 aliphatic heterocycles. The van der Waals surface area contributed by atoms with Crippen molar-refractivity contribution in [2.75, 3.05) is 17.9 Å².